The number of fused-ring (bicyclic) bond motifs is 3. The van der Waals surface area contributed by atoms with Gasteiger partial charge in [0, 0.05) is 17.1 Å². The summed E-state index contributed by atoms with van der Waals surface area (Å²) in [4.78, 5) is 14.1. The van der Waals surface area contributed by atoms with Crippen molar-refractivity contribution in [2.45, 2.75) is 26.2 Å². The lowest BCUT2D eigenvalue weighted by Gasteiger charge is -2.23. The minimum atomic E-state index is 0.904. The average Bonchev–Trinajstić information content (AvgIpc) is 3.10. The summed E-state index contributed by atoms with van der Waals surface area (Å²) >= 11 is 1.85. The molecule has 0 amide bonds. The van der Waals surface area contributed by atoms with E-state index in [1.165, 1.54) is 40.8 Å². The number of anilines is 2. The molecule has 2 aromatic heterocycles. The normalized spacial score (nSPS) is 13.6. The molecule has 1 aliphatic rings. The van der Waals surface area contributed by atoms with Gasteiger partial charge >= 0.3 is 0 Å². The number of nitrogens with zero attached hydrogens (tertiary/aromatic N) is 3. The first-order valence-corrected chi connectivity index (χ1v) is 8.28. The summed E-state index contributed by atoms with van der Waals surface area (Å²) in [5.41, 5.74) is 2.68. The number of hydrogen-bond acceptors (Lipinski definition) is 4. The van der Waals surface area contributed by atoms with Crippen LogP contribution in [0.15, 0.2) is 36.7 Å². The minimum absolute atomic E-state index is 0.904. The summed E-state index contributed by atoms with van der Waals surface area (Å²) in [5, 5.41) is 1.28. The molecule has 0 radical (unpaired) electrons. The highest BCUT2D eigenvalue weighted by atomic mass is 32.1. The molecule has 0 spiro atoms. The number of aryl methyl sites for hydroxylation is 2. The molecule has 3 aromatic rings. The van der Waals surface area contributed by atoms with E-state index in [9.17, 15) is 0 Å². The molecular weight excluding hydrogens is 278 g/mol. The Labute approximate surface area is 128 Å². The fraction of sp³-hybridized carbons (Fsp3) is 0.294. The first-order chi connectivity index (χ1) is 10.4. The Kier molecular flexibility index (Phi) is 3.11. The van der Waals surface area contributed by atoms with Crippen molar-refractivity contribution >= 4 is 33.1 Å². The number of rotatable bonds is 3. The zero-order valence-electron chi connectivity index (χ0n) is 12.0. The quantitative estimate of drug-likeness (QED) is 0.720. The maximum Gasteiger partial charge on any atom is 0.145 e. The summed E-state index contributed by atoms with van der Waals surface area (Å²) in [6.07, 6.45) is 5.34. The third kappa shape index (κ3) is 2.02. The maximum absolute atomic E-state index is 4.63. The molecule has 0 bridgehead atoms. The molecule has 106 valence electrons. The van der Waals surface area contributed by atoms with E-state index in [1.807, 2.05) is 11.3 Å². The summed E-state index contributed by atoms with van der Waals surface area (Å²) in [7, 11) is 0. The van der Waals surface area contributed by atoms with Gasteiger partial charge in [0.25, 0.3) is 0 Å². The van der Waals surface area contributed by atoms with Gasteiger partial charge in [-0.2, -0.15) is 0 Å². The monoisotopic (exact) mass is 295 g/mol. The Morgan fingerprint density at radius 1 is 1.14 bits per heavy atom. The van der Waals surface area contributed by atoms with Crippen LogP contribution in [0.2, 0.25) is 0 Å². The number of hydrogen-bond donors (Lipinski definition) is 0. The summed E-state index contributed by atoms with van der Waals surface area (Å²) in [5.74, 6) is 1.06. The number of aromatic nitrogens is 2. The van der Waals surface area contributed by atoms with Crippen molar-refractivity contribution < 1.29 is 0 Å². The molecule has 0 N–H and O–H groups in total. The van der Waals surface area contributed by atoms with Gasteiger partial charge in [0.1, 0.15) is 17.0 Å². The molecule has 0 unspecified atom stereocenters. The van der Waals surface area contributed by atoms with Gasteiger partial charge in [-0.25, -0.2) is 9.97 Å². The van der Waals surface area contributed by atoms with Gasteiger partial charge in [-0.05, 0) is 43.9 Å². The van der Waals surface area contributed by atoms with Gasteiger partial charge in [-0.3, -0.25) is 0 Å². The van der Waals surface area contributed by atoms with Crippen LogP contribution in [0.3, 0.4) is 0 Å². The molecule has 1 aliphatic carbocycles. The lowest BCUT2D eigenvalue weighted by Crippen LogP contribution is -2.17. The molecule has 0 atom stereocenters. The summed E-state index contributed by atoms with van der Waals surface area (Å²) in [6.45, 7) is 3.08. The molecule has 0 saturated heterocycles. The molecular formula is C17H17N3S. The molecule has 2 heterocycles. The first kappa shape index (κ1) is 12.8. The second-order valence-corrected chi connectivity index (χ2v) is 6.40. The van der Waals surface area contributed by atoms with Crippen LogP contribution in [-0.2, 0) is 12.8 Å². The Morgan fingerprint density at radius 3 is 2.81 bits per heavy atom. The maximum atomic E-state index is 4.63. The van der Waals surface area contributed by atoms with E-state index in [-0.39, 0.29) is 0 Å². The number of thiophene rings is 1. The van der Waals surface area contributed by atoms with Crippen LogP contribution in [0.4, 0.5) is 11.5 Å². The lowest BCUT2D eigenvalue weighted by molar-refractivity contribution is 0.916. The molecule has 21 heavy (non-hydrogen) atoms. The second kappa shape index (κ2) is 5.11. The highest BCUT2D eigenvalue weighted by Crippen LogP contribution is 2.41. The smallest absolute Gasteiger partial charge is 0.145 e. The van der Waals surface area contributed by atoms with Gasteiger partial charge in [0.2, 0.25) is 0 Å². The molecule has 0 saturated carbocycles. The zero-order valence-corrected chi connectivity index (χ0v) is 12.9. The van der Waals surface area contributed by atoms with Crippen LogP contribution in [0.1, 0.15) is 23.8 Å². The van der Waals surface area contributed by atoms with E-state index < -0.39 is 0 Å². The van der Waals surface area contributed by atoms with E-state index >= 15 is 0 Å². The zero-order chi connectivity index (χ0) is 14.2. The Bertz CT molecular complexity index is 779. The van der Waals surface area contributed by atoms with E-state index in [2.05, 4.69) is 52.1 Å². The average molecular weight is 295 g/mol. The van der Waals surface area contributed by atoms with Crippen LogP contribution in [-0.4, -0.2) is 16.5 Å². The van der Waals surface area contributed by atoms with Gasteiger partial charge in [0.05, 0.1) is 5.39 Å². The van der Waals surface area contributed by atoms with Crippen LogP contribution in [0.5, 0.6) is 0 Å². The van der Waals surface area contributed by atoms with Gasteiger partial charge in [0.15, 0.2) is 0 Å². The highest BCUT2D eigenvalue weighted by Gasteiger charge is 2.23. The van der Waals surface area contributed by atoms with Crippen molar-refractivity contribution in [1.82, 2.24) is 9.97 Å². The van der Waals surface area contributed by atoms with E-state index in [0.29, 0.717) is 0 Å². The van der Waals surface area contributed by atoms with Crippen molar-refractivity contribution in [1.29, 1.82) is 0 Å². The summed E-state index contributed by atoms with van der Waals surface area (Å²) in [6, 6.07) is 10.5. The molecule has 3 nitrogen and oxygen atoms in total. The van der Waals surface area contributed by atoms with Gasteiger partial charge in [-0.15, -0.1) is 11.3 Å². The highest BCUT2D eigenvalue weighted by molar-refractivity contribution is 7.19. The van der Waals surface area contributed by atoms with Gasteiger partial charge in [-0.1, -0.05) is 18.2 Å². The van der Waals surface area contributed by atoms with Crippen molar-refractivity contribution in [3.05, 3.63) is 47.1 Å². The fourth-order valence-corrected chi connectivity index (χ4v) is 4.40. The fourth-order valence-electron chi connectivity index (χ4n) is 3.18. The Balaban J connectivity index is 1.93. The van der Waals surface area contributed by atoms with E-state index in [1.54, 1.807) is 6.33 Å². The van der Waals surface area contributed by atoms with Crippen LogP contribution >= 0.6 is 11.3 Å². The minimum Gasteiger partial charge on any atom is -0.326 e. The predicted molar refractivity (Wildman–Crippen MR) is 88.6 cm³/mol. The topological polar surface area (TPSA) is 29.0 Å². The van der Waals surface area contributed by atoms with Crippen molar-refractivity contribution in [2.75, 3.05) is 11.4 Å². The Morgan fingerprint density at radius 2 is 2.00 bits per heavy atom. The lowest BCUT2D eigenvalue weighted by atomic mass is 10.1. The second-order valence-electron chi connectivity index (χ2n) is 5.31. The third-order valence-electron chi connectivity index (χ3n) is 4.12. The number of para-hydroxylation sites is 1. The third-order valence-corrected chi connectivity index (χ3v) is 5.32. The van der Waals surface area contributed by atoms with Crippen molar-refractivity contribution in [3.63, 3.8) is 0 Å². The van der Waals surface area contributed by atoms with Crippen LogP contribution in [0, 0.1) is 0 Å². The first-order valence-electron chi connectivity index (χ1n) is 7.46. The summed E-state index contributed by atoms with van der Waals surface area (Å²) < 4.78 is 0. The SMILES string of the molecule is CCN(c1ccccc1)c1ncnc2sc3c(c12)CCC3. The molecule has 4 rings (SSSR count). The van der Waals surface area contributed by atoms with Crippen molar-refractivity contribution in [3.8, 4) is 0 Å². The Hall–Kier alpha value is -1.94. The molecule has 4 heteroatoms. The number of benzene rings is 1. The van der Waals surface area contributed by atoms with Crippen LogP contribution in [0.25, 0.3) is 10.2 Å². The van der Waals surface area contributed by atoms with Gasteiger partial charge < -0.3 is 4.90 Å². The van der Waals surface area contributed by atoms with Crippen molar-refractivity contribution in [2.24, 2.45) is 0 Å². The van der Waals surface area contributed by atoms with Crippen LogP contribution < -0.4 is 4.90 Å². The largest absolute Gasteiger partial charge is 0.326 e. The predicted octanol–water partition coefficient (Wildman–Crippen LogP) is 4.34. The molecule has 0 fully saturated rings. The van der Waals surface area contributed by atoms with E-state index in [4.69, 9.17) is 0 Å². The molecule has 1 aromatic carbocycles. The molecule has 0 aliphatic heterocycles. The standard InChI is InChI=1S/C17H17N3S/c1-2-20(12-7-4-3-5-8-12)16-15-13-9-6-10-14(13)21-17(15)19-11-18-16/h3-5,7-8,11H,2,6,9-10H2,1H3. The van der Waals surface area contributed by atoms with E-state index in [0.717, 1.165) is 17.2 Å².